The van der Waals surface area contributed by atoms with Crippen molar-refractivity contribution in [3.8, 4) is 0 Å². The fraction of sp³-hybridized carbons (Fsp3) is 0.375. The zero-order valence-corrected chi connectivity index (χ0v) is 7.84. The van der Waals surface area contributed by atoms with Crippen LogP contribution in [0.15, 0.2) is 17.0 Å². The van der Waals surface area contributed by atoms with Crippen LogP contribution >= 0.6 is 0 Å². The van der Waals surface area contributed by atoms with Crippen molar-refractivity contribution >= 4 is 0 Å². The lowest BCUT2D eigenvalue weighted by Gasteiger charge is -2.01. The van der Waals surface area contributed by atoms with Crippen molar-refractivity contribution in [3.63, 3.8) is 0 Å². The Morgan fingerprint density at radius 3 is 3.07 bits per heavy atom. The van der Waals surface area contributed by atoms with Crippen LogP contribution in [0.3, 0.4) is 0 Å². The van der Waals surface area contributed by atoms with Gasteiger partial charge in [0, 0.05) is 19.7 Å². The summed E-state index contributed by atoms with van der Waals surface area (Å²) < 4.78 is 6.75. The monoisotopic (exact) mass is 193 g/mol. The summed E-state index contributed by atoms with van der Waals surface area (Å²) >= 11 is 0. The molecule has 0 amide bonds. The maximum atomic E-state index is 5.53. The molecule has 0 aliphatic carbocycles. The highest BCUT2D eigenvalue weighted by atomic mass is 16.5. The van der Waals surface area contributed by atoms with Gasteiger partial charge in [-0.05, 0) is 0 Å². The quantitative estimate of drug-likeness (QED) is 0.746. The molecule has 0 saturated carbocycles. The Morgan fingerprint density at radius 1 is 1.57 bits per heavy atom. The summed E-state index contributed by atoms with van der Waals surface area (Å²) in [5.41, 5.74) is 6.48. The van der Waals surface area contributed by atoms with E-state index in [9.17, 15) is 0 Å². The number of aromatic nitrogens is 4. The fourth-order valence-corrected chi connectivity index (χ4v) is 1.22. The second kappa shape index (κ2) is 3.59. The van der Waals surface area contributed by atoms with Crippen LogP contribution in [0.25, 0.3) is 0 Å². The van der Waals surface area contributed by atoms with Crippen LogP contribution in [0.1, 0.15) is 17.4 Å². The van der Waals surface area contributed by atoms with E-state index in [-0.39, 0.29) is 0 Å². The van der Waals surface area contributed by atoms with E-state index in [0.29, 0.717) is 24.8 Å². The van der Waals surface area contributed by atoms with E-state index in [0.717, 1.165) is 5.69 Å². The van der Waals surface area contributed by atoms with Crippen molar-refractivity contribution in [2.45, 2.75) is 20.0 Å². The molecule has 2 rings (SSSR count). The molecule has 0 unspecified atom stereocenters. The minimum Gasteiger partial charge on any atom is -0.340 e. The maximum absolute atomic E-state index is 5.53. The number of aryl methyl sites for hydroxylation is 1. The van der Waals surface area contributed by atoms with Gasteiger partial charge in [-0.2, -0.15) is 4.98 Å². The van der Waals surface area contributed by atoms with Gasteiger partial charge in [0.2, 0.25) is 5.89 Å². The van der Waals surface area contributed by atoms with Crippen molar-refractivity contribution < 1.29 is 4.52 Å². The third-order valence-corrected chi connectivity index (χ3v) is 1.89. The van der Waals surface area contributed by atoms with Crippen LogP contribution in [0.5, 0.6) is 0 Å². The van der Waals surface area contributed by atoms with Gasteiger partial charge in [0.05, 0.1) is 18.6 Å². The molecule has 2 aromatic rings. The third kappa shape index (κ3) is 1.64. The van der Waals surface area contributed by atoms with Gasteiger partial charge >= 0.3 is 0 Å². The molecule has 6 heteroatoms. The second-order valence-electron chi connectivity index (χ2n) is 2.95. The van der Waals surface area contributed by atoms with Crippen LogP contribution in [-0.4, -0.2) is 19.7 Å². The molecule has 2 heterocycles. The first-order valence-corrected chi connectivity index (χ1v) is 4.28. The van der Waals surface area contributed by atoms with Crippen LogP contribution in [0, 0.1) is 6.92 Å². The van der Waals surface area contributed by atoms with E-state index in [1.807, 2.05) is 4.57 Å². The molecule has 0 aliphatic heterocycles. The summed E-state index contributed by atoms with van der Waals surface area (Å²) in [6.45, 7) is 2.76. The minimum atomic E-state index is 0.455. The Kier molecular flexibility index (Phi) is 2.28. The smallest absolute Gasteiger partial charge is 0.223 e. The van der Waals surface area contributed by atoms with Crippen molar-refractivity contribution in [1.29, 1.82) is 0 Å². The number of rotatable bonds is 3. The lowest BCUT2D eigenvalue weighted by atomic mass is 10.4. The van der Waals surface area contributed by atoms with Crippen LogP contribution in [0.2, 0.25) is 0 Å². The predicted molar refractivity (Wildman–Crippen MR) is 48.3 cm³/mol. The molecular weight excluding hydrogens is 182 g/mol. The average Bonchev–Trinajstić information content (AvgIpc) is 2.76. The van der Waals surface area contributed by atoms with Crippen molar-refractivity contribution in [2.24, 2.45) is 5.73 Å². The zero-order chi connectivity index (χ0) is 9.97. The van der Waals surface area contributed by atoms with Crippen LogP contribution in [-0.2, 0) is 13.1 Å². The van der Waals surface area contributed by atoms with Crippen LogP contribution in [0.4, 0.5) is 0 Å². The SMILES string of the molecule is Cc1nc(Cn2cncc2CN)no1. The molecule has 0 fully saturated rings. The predicted octanol–water partition coefficient (Wildman–Crippen LogP) is 0.0815. The first kappa shape index (κ1) is 8.89. The second-order valence-corrected chi connectivity index (χ2v) is 2.95. The third-order valence-electron chi connectivity index (χ3n) is 1.89. The molecule has 6 nitrogen and oxygen atoms in total. The van der Waals surface area contributed by atoms with Gasteiger partial charge in [0.15, 0.2) is 5.82 Å². The molecule has 0 saturated heterocycles. The van der Waals surface area contributed by atoms with E-state index in [1.165, 1.54) is 0 Å². The molecule has 2 aromatic heterocycles. The van der Waals surface area contributed by atoms with Crippen LogP contribution < -0.4 is 5.73 Å². The molecule has 0 spiro atoms. The number of nitrogens with two attached hydrogens (primary N) is 1. The summed E-state index contributed by atoms with van der Waals surface area (Å²) in [6.07, 6.45) is 3.43. The first-order chi connectivity index (χ1) is 6.79. The topological polar surface area (TPSA) is 82.8 Å². The number of hydrogen-bond donors (Lipinski definition) is 1. The van der Waals surface area contributed by atoms with E-state index < -0.39 is 0 Å². The Bertz CT molecular complexity index is 419. The molecule has 0 atom stereocenters. The lowest BCUT2D eigenvalue weighted by molar-refractivity contribution is 0.386. The summed E-state index contributed by atoms with van der Waals surface area (Å²) in [7, 11) is 0. The van der Waals surface area contributed by atoms with Crippen molar-refractivity contribution in [3.05, 3.63) is 29.9 Å². The standard InChI is InChI=1S/C8H11N5O/c1-6-11-8(12-14-6)4-13-5-10-3-7(13)2-9/h3,5H,2,4,9H2,1H3. The maximum Gasteiger partial charge on any atom is 0.223 e. The van der Waals surface area contributed by atoms with Gasteiger partial charge in [-0.1, -0.05) is 5.16 Å². The summed E-state index contributed by atoms with van der Waals surface area (Å²) in [5.74, 6) is 1.20. The molecule has 0 bridgehead atoms. The minimum absolute atomic E-state index is 0.455. The number of imidazole rings is 1. The van der Waals surface area contributed by atoms with E-state index in [1.54, 1.807) is 19.4 Å². The van der Waals surface area contributed by atoms with Gasteiger partial charge < -0.3 is 14.8 Å². The molecule has 74 valence electrons. The van der Waals surface area contributed by atoms with Gasteiger partial charge in [-0.3, -0.25) is 0 Å². The summed E-state index contributed by atoms with van der Waals surface area (Å²) in [4.78, 5) is 8.09. The summed E-state index contributed by atoms with van der Waals surface area (Å²) in [6, 6.07) is 0. The highest BCUT2D eigenvalue weighted by Gasteiger charge is 2.05. The Balaban J connectivity index is 2.18. The van der Waals surface area contributed by atoms with Crippen molar-refractivity contribution in [1.82, 2.24) is 19.7 Å². The number of nitrogens with zero attached hydrogens (tertiary/aromatic N) is 4. The van der Waals surface area contributed by atoms with E-state index in [4.69, 9.17) is 10.3 Å². The summed E-state index contributed by atoms with van der Waals surface area (Å²) in [5, 5.41) is 3.79. The Morgan fingerprint density at radius 2 is 2.43 bits per heavy atom. The largest absolute Gasteiger partial charge is 0.340 e. The zero-order valence-electron chi connectivity index (χ0n) is 7.84. The normalized spacial score (nSPS) is 10.7. The highest BCUT2D eigenvalue weighted by Crippen LogP contribution is 2.02. The van der Waals surface area contributed by atoms with E-state index >= 15 is 0 Å². The average molecular weight is 193 g/mol. The Hall–Kier alpha value is -1.69. The van der Waals surface area contributed by atoms with Gasteiger partial charge in [0.1, 0.15) is 0 Å². The highest BCUT2D eigenvalue weighted by molar-refractivity contribution is 5.00. The molecule has 0 radical (unpaired) electrons. The molecule has 2 N–H and O–H groups in total. The Labute approximate surface area is 80.7 Å². The molecule has 0 aliphatic rings. The molecule has 0 aromatic carbocycles. The molecular formula is C8H11N5O. The van der Waals surface area contributed by atoms with E-state index in [2.05, 4.69) is 15.1 Å². The number of hydrogen-bond acceptors (Lipinski definition) is 5. The van der Waals surface area contributed by atoms with Gasteiger partial charge in [-0.25, -0.2) is 4.98 Å². The lowest BCUT2D eigenvalue weighted by Crippen LogP contribution is -2.08. The first-order valence-electron chi connectivity index (χ1n) is 4.28. The van der Waals surface area contributed by atoms with Gasteiger partial charge in [-0.15, -0.1) is 0 Å². The van der Waals surface area contributed by atoms with Gasteiger partial charge in [0.25, 0.3) is 0 Å². The van der Waals surface area contributed by atoms with Crippen molar-refractivity contribution in [2.75, 3.05) is 0 Å². The fourth-order valence-electron chi connectivity index (χ4n) is 1.22. The molecule has 14 heavy (non-hydrogen) atoms.